The molecule has 0 bridgehead atoms. The summed E-state index contributed by atoms with van der Waals surface area (Å²) < 4.78 is 0. The van der Waals surface area contributed by atoms with Gasteiger partial charge in [-0.15, -0.1) is 0 Å². The lowest BCUT2D eigenvalue weighted by atomic mass is 9.75. The summed E-state index contributed by atoms with van der Waals surface area (Å²) in [6, 6.07) is 1.07. The van der Waals surface area contributed by atoms with Gasteiger partial charge in [0.2, 0.25) is 5.91 Å². The number of carbonyl (C=O) groups is 1. The molecule has 29 heavy (non-hydrogen) atoms. The number of rotatable bonds is 6. The van der Waals surface area contributed by atoms with Crippen LogP contribution in [0.3, 0.4) is 0 Å². The van der Waals surface area contributed by atoms with E-state index in [1.165, 1.54) is 37.8 Å². The lowest BCUT2D eigenvalue weighted by Crippen LogP contribution is -2.48. The van der Waals surface area contributed by atoms with E-state index in [-0.39, 0.29) is 5.91 Å². The molecule has 0 aromatic carbocycles. The van der Waals surface area contributed by atoms with Gasteiger partial charge in [-0.1, -0.05) is 13.0 Å². The second-order valence-corrected chi connectivity index (χ2v) is 9.70. The van der Waals surface area contributed by atoms with Gasteiger partial charge in [0, 0.05) is 42.6 Å². The number of amides is 1. The predicted octanol–water partition coefficient (Wildman–Crippen LogP) is 2.50. The second-order valence-electron chi connectivity index (χ2n) is 9.70. The number of piperidine rings is 1. The van der Waals surface area contributed by atoms with Crippen LogP contribution in [-0.2, 0) is 4.79 Å². The fourth-order valence-electron chi connectivity index (χ4n) is 5.44. The zero-order valence-corrected chi connectivity index (χ0v) is 18.7. The molecular formula is C23H41N5O. The minimum absolute atomic E-state index is 0.00813. The minimum atomic E-state index is -0.00813. The molecule has 6 heteroatoms. The highest BCUT2D eigenvalue weighted by Gasteiger charge is 2.32. The van der Waals surface area contributed by atoms with Gasteiger partial charge in [0.25, 0.3) is 0 Å². The minimum Gasteiger partial charge on any atom is -0.386 e. The fourth-order valence-corrected chi connectivity index (χ4v) is 5.44. The summed E-state index contributed by atoms with van der Waals surface area (Å²) in [5.41, 5.74) is 2.01. The Labute approximate surface area is 176 Å². The Hall–Kier alpha value is -1.53. The van der Waals surface area contributed by atoms with Crippen molar-refractivity contribution < 1.29 is 4.79 Å². The second kappa shape index (κ2) is 9.98. The molecule has 0 spiro atoms. The van der Waals surface area contributed by atoms with Crippen LogP contribution in [0, 0.1) is 23.7 Å². The summed E-state index contributed by atoms with van der Waals surface area (Å²) in [7, 11) is 0. The molecule has 5 N–H and O–H groups in total. The Bertz CT molecular complexity index is 621. The molecule has 1 saturated heterocycles. The Morgan fingerprint density at radius 2 is 2.14 bits per heavy atom. The van der Waals surface area contributed by atoms with Crippen molar-refractivity contribution in [3.63, 3.8) is 0 Å². The number of nitrogens with one attached hydrogen (secondary N) is 3. The lowest BCUT2D eigenvalue weighted by molar-refractivity contribution is -0.117. The molecule has 3 rings (SSSR count). The van der Waals surface area contributed by atoms with E-state index in [2.05, 4.69) is 42.8 Å². The van der Waals surface area contributed by atoms with Crippen LogP contribution in [-0.4, -0.2) is 42.6 Å². The average Bonchev–Trinajstić information content (AvgIpc) is 2.67. The van der Waals surface area contributed by atoms with Crippen molar-refractivity contribution in [1.29, 1.82) is 0 Å². The molecule has 1 aliphatic carbocycles. The molecule has 6 nitrogen and oxygen atoms in total. The first-order chi connectivity index (χ1) is 13.8. The normalized spacial score (nSPS) is 35.2. The fraction of sp³-hybridized carbons (Fsp3) is 0.783. The monoisotopic (exact) mass is 403 g/mol. The number of hydrazine groups is 1. The quantitative estimate of drug-likeness (QED) is 0.311. The molecule has 6 atom stereocenters. The van der Waals surface area contributed by atoms with E-state index in [1.54, 1.807) is 5.01 Å². The van der Waals surface area contributed by atoms with Crippen molar-refractivity contribution in [2.45, 2.75) is 71.9 Å². The Balaban J connectivity index is 1.44. The number of nitrogens with two attached hydrogens (primary N) is 1. The molecule has 1 unspecified atom stereocenters. The summed E-state index contributed by atoms with van der Waals surface area (Å²) >= 11 is 0. The van der Waals surface area contributed by atoms with E-state index in [1.807, 2.05) is 13.1 Å². The van der Waals surface area contributed by atoms with Crippen molar-refractivity contribution in [3.8, 4) is 0 Å². The maximum Gasteiger partial charge on any atom is 0.248 e. The molecule has 2 fully saturated rings. The smallest absolute Gasteiger partial charge is 0.248 e. The van der Waals surface area contributed by atoms with Gasteiger partial charge < -0.3 is 21.0 Å². The van der Waals surface area contributed by atoms with Crippen LogP contribution in [0.2, 0.25) is 0 Å². The Morgan fingerprint density at radius 1 is 1.34 bits per heavy atom. The van der Waals surface area contributed by atoms with Gasteiger partial charge in [-0.25, -0.2) is 5.84 Å². The largest absolute Gasteiger partial charge is 0.386 e. The van der Waals surface area contributed by atoms with Crippen LogP contribution in [0.4, 0.5) is 0 Å². The molecule has 0 aromatic rings. The third-order valence-electron chi connectivity index (χ3n) is 7.35. The molecular weight excluding hydrogens is 362 g/mol. The molecule has 164 valence electrons. The molecule has 1 amide bonds. The standard InChI is InChI=1S/C23H41N5O/c1-15-9-10-25-18(4)21(15)12-26-23(29)16(2)13-28(24)14-19-6-8-22-20(11-19)7-5-17(3)27-22/h5,13,15,18-22,25,27H,6-12,14,24H2,1-4H3,(H,26,29)/b16-13+/t15?,18-,19-,20-,21-,22+/m1/s1. The van der Waals surface area contributed by atoms with E-state index < -0.39 is 0 Å². The zero-order valence-electron chi connectivity index (χ0n) is 18.7. The number of hydrogen-bond donors (Lipinski definition) is 4. The first kappa shape index (κ1) is 22.2. The summed E-state index contributed by atoms with van der Waals surface area (Å²) in [4.78, 5) is 12.5. The van der Waals surface area contributed by atoms with Crippen molar-refractivity contribution in [2.75, 3.05) is 19.6 Å². The molecule has 2 heterocycles. The summed E-state index contributed by atoms with van der Waals surface area (Å²) in [6.07, 6.45) is 10.1. The van der Waals surface area contributed by atoms with Crippen LogP contribution < -0.4 is 21.8 Å². The number of hydrogen-bond acceptors (Lipinski definition) is 5. The number of nitrogens with zero attached hydrogens (tertiary/aromatic N) is 1. The van der Waals surface area contributed by atoms with Crippen LogP contribution >= 0.6 is 0 Å². The van der Waals surface area contributed by atoms with Crippen LogP contribution in [0.1, 0.15) is 59.8 Å². The van der Waals surface area contributed by atoms with Crippen LogP contribution in [0.25, 0.3) is 0 Å². The van der Waals surface area contributed by atoms with Crippen LogP contribution in [0.15, 0.2) is 23.5 Å². The van der Waals surface area contributed by atoms with Crippen molar-refractivity contribution in [3.05, 3.63) is 23.5 Å². The molecule has 3 aliphatic rings. The predicted molar refractivity (Wildman–Crippen MR) is 119 cm³/mol. The third-order valence-corrected chi connectivity index (χ3v) is 7.35. The highest BCUT2D eigenvalue weighted by atomic mass is 16.1. The highest BCUT2D eigenvalue weighted by molar-refractivity contribution is 5.92. The first-order valence-corrected chi connectivity index (χ1v) is 11.5. The summed E-state index contributed by atoms with van der Waals surface area (Å²) in [6.45, 7) is 11.1. The summed E-state index contributed by atoms with van der Waals surface area (Å²) in [5.74, 6) is 8.66. The van der Waals surface area contributed by atoms with E-state index in [4.69, 9.17) is 5.84 Å². The molecule has 1 saturated carbocycles. The SMILES string of the molecule is CC1=CC[C@@H]2C[C@H](CN(N)/C=C(\C)C(=O)NC[C@@H]3C(C)CCN[C@@H]3C)CC[C@@H]2N1. The molecule has 2 aliphatic heterocycles. The topological polar surface area (TPSA) is 82.4 Å². The number of carbonyl (C=O) groups excluding carboxylic acids is 1. The van der Waals surface area contributed by atoms with Gasteiger partial charge in [-0.2, -0.15) is 0 Å². The van der Waals surface area contributed by atoms with Gasteiger partial charge in [-0.3, -0.25) is 4.79 Å². The molecule has 0 aromatic heterocycles. The van der Waals surface area contributed by atoms with Crippen molar-refractivity contribution in [2.24, 2.45) is 29.5 Å². The van der Waals surface area contributed by atoms with E-state index >= 15 is 0 Å². The average molecular weight is 404 g/mol. The van der Waals surface area contributed by atoms with Crippen molar-refractivity contribution >= 4 is 5.91 Å². The van der Waals surface area contributed by atoms with Gasteiger partial charge in [0.15, 0.2) is 0 Å². The first-order valence-electron chi connectivity index (χ1n) is 11.5. The van der Waals surface area contributed by atoms with Crippen molar-refractivity contribution in [1.82, 2.24) is 21.0 Å². The summed E-state index contributed by atoms with van der Waals surface area (Å²) in [5, 5.41) is 12.0. The number of allylic oxidation sites excluding steroid dienone is 2. The van der Waals surface area contributed by atoms with Gasteiger partial charge in [0.05, 0.1) is 0 Å². The van der Waals surface area contributed by atoms with Gasteiger partial charge >= 0.3 is 0 Å². The highest BCUT2D eigenvalue weighted by Crippen LogP contribution is 2.34. The third kappa shape index (κ3) is 5.98. The maximum absolute atomic E-state index is 12.5. The van der Waals surface area contributed by atoms with Gasteiger partial charge in [-0.05, 0) is 83.1 Å². The number of fused-ring (bicyclic) bond motifs is 1. The maximum atomic E-state index is 12.5. The Morgan fingerprint density at radius 3 is 2.90 bits per heavy atom. The zero-order chi connectivity index (χ0) is 21.0. The van der Waals surface area contributed by atoms with Crippen LogP contribution in [0.5, 0.6) is 0 Å². The lowest BCUT2D eigenvalue weighted by Gasteiger charge is -2.40. The molecule has 0 radical (unpaired) electrons. The van der Waals surface area contributed by atoms with E-state index in [0.717, 1.165) is 19.6 Å². The van der Waals surface area contributed by atoms with E-state index in [0.29, 0.717) is 41.3 Å². The Kier molecular flexibility index (Phi) is 7.63. The van der Waals surface area contributed by atoms with E-state index in [9.17, 15) is 4.79 Å². The van der Waals surface area contributed by atoms with Gasteiger partial charge in [0.1, 0.15) is 0 Å².